The fourth-order valence-electron chi connectivity index (χ4n) is 4.04. The average Bonchev–Trinajstić information content (AvgIpc) is 2.85. The highest BCUT2D eigenvalue weighted by atomic mass is 16.6. The molecule has 3 rings (SSSR count). The van der Waals surface area contributed by atoms with Gasteiger partial charge in [-0.15, -0.1) is 0 Å². The summed E-state index contributed by atoms with van der Waals surface area (Å²) < 4.78 is 17.1. The molecule has 2 aliphatic carbocycles. The summed E-state index contributed by atoms with van der Waals surface area (Å²) in [5.74, 6) is -0.695. The normalized spacial score (nSPS) is 42.8. The van der Waals surface area contributed by atoms with Crippen LogP contribution in [0.4, 0.5) is 0 Å². The summed E-state index contributed by atoms with van der Waals surface area (Å²) in [5, 5.41) is 0. The summed E-state index contributed by atoms with van der Waals surface area (Å²) in [6.07, 6.45) is 2.92. The van der Waals surface area contributed by atoms with Crippen molar-refractivity contribution in [3.05, 3.63) is 0 Å². The summed E-state index contributed by atoms with van der Waals surface area (Å²) in [5.41, 5.74) is -2.57. The Bertz CT molecular complexity index is 447. The van der Waals surface area contributed by atoms with E-state index in [1.54, 1.807) is 0 Å². The van der Waals surface area contributed by atoms with E-state index in [0.717, 1.165) is 12.8 Å². The van der Waals surface area contributed by atoms with E-state index in [-0.39, 0.29) is 17.1 Å². The van der Waals surface area contributed by atoms with Crippen molar-refractivity contribution < 1.29 is 23.8 Å². The maximum atomic E-state index is 12.6. The number of ether oxygens (including phenoxy) is 3. The van der Waals surface area contributed by atoms with Crippen molar-refractivity contribution >= 4 is 11.8 Å². The quantitative estimate of drug-likeness (QED) is 0.538. The molecule has 0 amide bonds. The minimum absolute atomic E-state index is 0.0722. The molecule has 1 unspecified atom stereocenters. The zero-order valence-electron chi connectivity index (χ0n) is 12.4. The third-order valence-electron chi connectivity index (χ3n) is 5.05. The van der Waals surface area contributed by atoms with Crippen LogP contribution in [0.5, 0.6) is 0 Å². The van der Waals surface area contributed by atoms with Crippen LogP contribution in [0.15, 0.2) is 0 Å². The summed E-state index contributed by atoms with van der Waals surface area (Å²) >= 11 is 0. The smallest absolute Gasteiger partial charge is 0.349 e. The minimum atomic E-state index is -1.54. The van der Waals surface area contributed by atoms with E-state index in [9.17, 15) is 9.59 Å². The molecule has 0 aromatic carbocycles. The molecule has 20 heavy (non-hydrogen) atoms. The van der Waals surface area contributed by atoms with Gasteiger partial charge >= 0.3 is 5.97 Å². The molecule has 5 heteroatoms. The van der Waals surface area contributed by atoms with E-state index < -0.39 is 17.2 Å². The van der Waals surface area contributed by atoms with Crippen molar-refractivity contribution in [2.24, 2.45) is 11.3 Å². The molecule has 0 N–H and O–H groups in total. The summed E-state index contributed by atoms with van der Waals surface area (Å²) in [4.78, 5) is 25.0. The zero-order chi connectivity index (χ0) is 14.6. The lowest BCUT2D eigenvalue weighted by Gasteiger charge is -2.40. The van der Waals surface area contributed by atoms with E-state index in [1.165, 1.54) is 7.11 Å². The number of hydrogen-bond acceptors (Lipinski definition) is 5. The Morgan fingerprint density at radius 3 is 2.70 bits per heavy atom. The van der Waals surface area contributed by atoms with Crippen LogP contribution >= 0.6 is 0 Å². The van der Waals surface area contributed by atoms with Gasteiger partial charge in [0.15, 0.2) is 5.78 Å². The number of methoxy groups -OCH3 is 1. The SMILES string of the molecule is COC(=O)[C@]12OCC(C)(C)CO[C@]13CCCC3CC2=O. The largest absolute Gasteiger partial charge is 0.466 e. The first-order valence-electron chi connectivity index (χ1n) is 7.28. The fraction of sp³-hybridized carbons (Fsp3) is 0.867. The topological polar surface area (TPSA) is 61.8 Å². The molecule has 0 aromatic rings. The van der Waals surface area contributed by atoms with Gasteiger partial charge in [-0.25, -0.2) is 4.79 Å². The highest BCUT2D eigenvalue weighted by Gasteiger charge is 2.74. The summed E-state index contributed by atoms with van der Waals surface area (Å²) in [6, 6.07) is 0. The molecular formula is C15H22O5. The first-order valence-corrected chi connectivity index (χ1v) is 7.28. The van der Waals surface area contributed by atoms with Crippen LogP contribution in [0.2, 0.25) is 0 Å². The van der Waals surface area contributed by atoms with Crippen LogP contribution < -0.4 is 0 Å². The van der Waals surface area contributed by atoms with Crippen LogP contribution in [0, 0.1) is 11.3 Å². The molecule has 0 radical (unpaired) electrons. The maximum Gasteiger partial charge on any atom is 0.349 e. The highest BCUT2D eigenvalue weighted by molar-refractivity contribution is 6.11. The van der Waals surface area contributed by atoms with Crippen molar-refractivity contribution in [1.82, 2.24) is 0 Å². The van der Waals surface area contributed by atoms with Gasteiger partial charge in [0.05, 0.1) is 20.3 Å². The van der Waals surface area contributed by atoms with Gasteiger partial charge in [0, 0.05) is 11.8 Å². The van der Waals surface area contributed by atoms with Crippen LogP contribution in [0.25, 0.3) is 0 Å². The van der Waals surface area contributed by atoms with E-state index in [1.807, 2.05) is 13.8 Å². The van der Waals surface area contributed by atoms with Gasteiger partial charge in [0.25, 0.3) is 5.60 Å². The Hall–Kier alpha value is -0.940. The van der Waals surface area contributed by atoms with Crippen molar-refractivity contribution in [3.63, 3.8) is 0 Å². The lowest BCUT2D eigenvalue weighted by Crippen LogP contribution is -2.62. The monoisotopic (exact) mass is 282 g/mol. The molecule has 0 aromatic heterocycles. The van der Waals surface area contributed by atoms with Gasteiger partial charge in [-0.05, 0) is 18.8 Å². The van der Waals surface area contributed by atoms with Crippen LogP contribution in [0.1, 0.15) is 39.5 Å². The lowest BCUT2D eigenvalue weighted by atomic mass is 9.81. The Morgan fingerprint density at radius 2 is 2.00 bits per heavy atom. The third-order valence-corrected chi connectivity index (χ3v) is 5.05. The zero-order valence-corrected chi connectivity index (χ0v) is 12.4. The Labute approximate surface area is 118 Å². The van der Waals surface area contributed by atoms with Gasteiger partial charge in [0.2, 0.25) is 0 Å². The number of Topliss-reactive ketones (excluding diaryl/α,β-unsaturated/α-hetero) is 1. The fourth-order valence-corrected chi connectivity index (χ4v) is 4.04. The molecule has 2 saturated carbocycles. The minimum Gasteiger partial charge on any atom is -0.466 e. The van der Waals surface area contributed by atoms with Gasteiger partial charge in [-0.3, -0.25) is 4.79 Å². The van der Waals surface area contributed by atoms with Gasteiger partial charge in [-0.2, -0.15) is 0 Å². The molecule has 5 nitrogen and oxygen atoms in total. The summed E-state index contributed by atoms with van der Waals surface area (Å²) in [6.45, 7) is 4.85. The molecule has 3 fully saturated rings. The Kier molecular flexibility index (Phi) is 3.00. The predicted molar refractivity (Wildman–Crippen MR) is 70.1 cm³/mol. The van der Waals surface area contributed by atoms with Gasteiger partial charge in [0.1, 0.15) is 5.60 Å². The second-order valence-corrected chi connectivity index (χ2v) is 7.02. The molecule has 1 heterocycles. The highest BCUT2D eigenvalue weighted by Crippen LogP contribution is 2.57. The van der Waals surface area contributed by atoms with Crippen molar-refractivity contribution in [2.45, 2.75) is 50.7 Å². The van der Waals surface area contributed by atoms with E-state index in [4.69, 9.17) is 14.2 Å². The molecular weight excluding hydrogens is 260 g/mol. The molecule has 1 aliphatic heterocycles. The number of hydrogen-bond donors (Lipinski definition) is 0. The average molecular weight is 282 g/mol. The predicted octanol–water partition coefficient (Wildman–Crippen LogP) is 1.48. The maximum absolute atomic E-state index is 12.6. The molecule has 3 aliphatic rings. The number of carbonyl (C=O) groups excluding carboxylic acids is 2. The molecule has 1 spiro atoms. The summed E-state index contributed by atoms with van der Waals surface area (Å²) in [7, 11) is 1.31. The van der Waals surface area contributed by atoms with Crippen molar-refractivity contribution in [3.8, 4) is 0 Å². The Morgan fingerprint density at radius 1 is 1.30 bits per heavy atom. The Balaban J connectivity index is 2.12. The first kappa shape index (κ1) is 14.0. The van der Waals surface area contributed by atoms with E-state index in [0.29, 0.717) is 26.1 Å². The van der Waals surface area contributed by atoms with E-state index in [2.05, 4.69) is 0 Å². The van der Waals surface area contributed by atoms with Crippen LogP contribution in [0.3, 0.4) is 0 Å². The lowest BCUT2D eigenvalue weighted by molar-refractivity contribution is -0.204. The number of carbonyl (C=O) groups is 2. The first-order chi connectivity index (χ1) is 9.38. The molecule has 1 saturated heterocycles. The van der Waals surface area contributed by atoms with Gasteiger partial charge < -0.3 is 14.2 Å². The standard InChI is InChI=1S/C15H22O5/c1-13(2)8-19-14-6-4-5-10(14)7-11(16)15(14,20-9-13)12(17)18-3/h10H,4-9H2,1-3H3/t10?,14-,15-/m0/s1. The van der Waals surface area contributed by atoms with Gasteiger partial charge in [-0.1, -0.05) is 20.3 Å². The third kappa shape index (κ3) is 1.56. The number of ketones is 1. The molecule has 3 atom stereocenters. The van der Waals surface area contributed by atoms with Crippen molar-refractivity contribution in [2.75, 3.05) is 20.3 Å². The van der Waals surface area contributed by atoms with Crippen LogP contribution in [-0.2, 0) is 23.8 Å². The molecule has 112 valence electrons. The van der Waals surface area contributed by atoms with Crippen LogP contribution in [-0.4, -0.2) is 43.3 Å². The molecule has 0 bridgehead atoms. The number of rotatable bonds is 1. The second-order valence-electron chi connectivity index (χ2n) is 7.02. The second kappa shape index (κ2) is 4.28. The van der Waals surface area contributed by atoms with E-state index >= 15 is 0 Å². The number of esters is 1. The van der Waals surface area contributed by atoms with Crippen molar-refractivity contribution in [1.29, 1.82) is 0 Å².